The molecule has 0 aliphatic carbocycles. The summed E-state index contributed by atoms with van der Waals surface area (Å²) >= 11 is 0. The van der Waals surface area contributed by atoms with Crippen molar-refractivity contribution >= 4 is 0 Å². The van der Waals surface area contributed by atoms with Crippen LogP contribution in [0.2, 0.25) is 0 Å². The third-order valence-corrected chi connectivity index (χ3v) is 3.47. The largest absolute Gasteiger partial charge is 0.316 e. The van der Waals surface area contributed by atoms with Crippen molar-refractivity contribution < 1.29 is 0 Å². The van der Waals surface area contributed by atoms with E-state index in [-0.39, 0.29) is 0 Å². The quantitative estimate of drug-likeness (QED) is 0.791. The predicted octanol–water partition coefficient (Wildman–Crippen LogP) is 2.12. The Hall–Kier alpha value is -0.860. The van der Waals surface area contributed by atoms with Crippen molar-refractivity contribution in [1.82, 2.24) is 10.6 Å². The van der Waals surface area contributed by atoms with E-state index in [2.05, 4.69) is 48.9 Å². The van der Waals surface area contributed by atoms with Crippen molar-refractivity contribution in [3.05, 3.63) is 35.4 Å². The van der Waals surface area contributed by atoms with Gasteiger partial charge in [-0.2, -0.15) is 0 Å². The maximum Gasteiger partial charge on any atom is 0.0370 e. The summed E-state index contributed by atoms with van der Waals surface area (Å²) in [6, 6.07) is 9.62. The molecule has 1 fully saturated rings. The highest BCUT2D eigenvalue weighted by Gasteiger charge is 2.26. The maximum absolute atomic E-state index is 3.43. The zero-order chi connectivity index (χ0) is 11.4. The van der Waals surface area contributed by atoms with E-state index in [1.54, 1.807) is 0 Å². The van der Waals surface area contributed by atoms with Gasteiger partial charge >= 0.3 is 0 Å². The van der Waals surface area contributed by atoms with E-state index in [9.17, 15) is 0 Å². The van der Waals surface area contributed by atoms with Crippen molar-refractivity contribution in [2.24, 2.45) is 5.92 Å². The zero-order valence-corrected chi connectivity index (χ0v) is 10.3. The van der Waals surface area contributed by atoms with Crippen LogP contribution in [-0.4, -0.2) is 20.1 Å². The van der Waals surface area contributed by atoms with Crippen molar-refractivity contribution in [2.45, 2.75) is 25.8 Å². The van der Waals surface area contributed by atoms with Gasteiger partial charge in [-0.05, 0) is 24.6 Å². The highest BCUT2D eigenvalue weighted by atomic mass is 15.0. The van der Waals surface area contributed by atoms with Crippen molar-refractivity contribution in [3.8, 4) is 0 Å². The molecule has 1 aromatic carbocycles. The van der Waals surface area contributed by atoms with Gasteiger partial charge in [-0.15, -0.1) is 0 Å². The van der Waals surface area contributed by atoms with Gasteiger partial charge in [0.2, 0.25) is 0 Å². The van der Waals surface area contributed by atoms with Crippen LogP contribution in [0, 0.1) is 5.92 Å². The summed E-state index contributed by atoms with van der Waals surface area (Å²) in [5.74, 6) is 0.752. The second-order valence-corrected chi connectivity index (χ2v) is 4.68. The first-order chi connectivity index (χ1) is 7.85. The summed E-state index contributed by atoms with van der Waals surface area (Å²) in [5, 5.41) is 6.77. The highest BCUT2D eigenvalue weighted by Crippen LogP contribution is 2.25. The van der Waals surface area contributed by atoms with Crippen LogP contribution in [0.15, 0.2) is 24.3 Å². The standard InChI is InChI=1S/C14H22N2/c1-3-4-11-5-7-12(8-6-11)14(15-2)13-9-16-10-13/h5-8,13-16H,3-4,9-10H2,1-2H3. The smallest absolute Gasteiger partial charge is 0.0370 e. The lowest BCUT2D eigenvalue weighted by Gasteiger charge is -2.35. The number of hydrogen-bond donors (Lipinski definition) is 2. The first-order valence-electron chi connectivity index (χ1n) is 6.32. The summed E-state index contributed by atoms with van der Waals surface area (Å²) in [6.45, 7) is 4.51. The first-order valence-corrected chi connectivity index (χ1v) is 6.32. The van der Waals surface area contributed by atoms with Gasteiger partial charge < -0.3 is 10.6 Å². The van der Waals surface area contributed by atoms with Crippen molar-refractivity contribution in [1.29, 1.82) is 0 Å². The molecule has 2 N–H and O–H groups in total. The normalized spacial score (nSPS) is 18.1. The third kappa shape index (κ3) is 2.45. The average molecular weight is 218 g/mol. The summed E-state index contributed by atoms with van der Waals surface area (Å²) in [7, 11) is 2.06. The van der Waals surface area contributed by atoms with E-state index >= 15 is 0 Å². The van der Waals surface area contributed by atoms with Crippen LogP contribution in [0.1, 0.15) is 30.5 Å². The molecule has 1 aromatic rings. The predicted molar refractivity (Wildman–Crippen MR) is 68.6 cm³/mol. The lowest BCUT2D eigenvalue weighted by molar-refractivity contribution is 0.268. The number of nitrogens with one attached hydrogen (secondary N) is 2. The second-order valence-electron chi connectivity index (χ2n) is 4.68. The molecule has 1 saturated heterocycles. The fourth-order valence-electron chi connectivity index (χ4n) is 2.40. The summed E-state index contributed by atoms with van der Waals surface area (Å²) < 4.78 is 0. The Morgan fingerprint density at radius 1 is 1.31 bits per heavy atom. The van der Waals surface area contributed by atoms with Crippen LogP contribution in [-0.2, 0) is 6.42 Å². The minimum Gasteiger partial charge on any atom is -0.316 e. The minimum atomic E-state index is 0.511. The molecule has 1 aliphatic rings. The van der Waals surface area contributed by atoms with Crippen LogP contribution in [0.5, 0.6) is 0 Å². The van der Waals surface area contributed by atoms with Crippen LogP contribution in [0.25, 0.3) is 0 Å². The van der Waals surface area contributed by atoms with Gasteiger partial charge in [-0.1, -0.05) is 37.6 Å². The summed E-state index contributed by atoms with van der Waals surface area (Å²) in [5.41, 5.74) is 2.88. The average Bonchev–Trinajstić information content (AvgIpc) is 2.25. The van der Waals surface area contributed by atoms with E-state index in [0.717, 1.165) is 19.0 Å². The number of benzene rings is 1. The first kappa shape index (κ1) is 11.6. The molecule has 0 amide bonds. The van der Waals surface area contributed by atoms with E-state index in [1.165, 1.54) is 24.0 Å². The SMILES string of the molecule is CCCc1ccc(C(NC)C2CNC2)cc1. The molecule has 16 heavy (non-hydrogen) atoms. The van der Waals surface area contributed by atoms with Gasteiger partial charge in [0.25, 0.3) is 0 Å². The molecule has 2 rings (SSSR count). The third-order valence-electron chi connectivity index (χ3n) is 3.47. The number of rotatable bonds is 5. The molecule has 88 valence electrons. The number of hydrogen-bond acceptors (Lipinski definition) is 2. The molecule has 1 aliphatic heterocycles. The van der Waals surface area contributed by atoms with Gasteiger partial charge in [0.15, 0.2) is 0 Å². The molecule has 1 unspecified atom stereocenters. The van der Waals surface area contributed by atoms with Crippen LogP contribution < -0.4 is 10.6 Å². The fraction of sp³-hybridized carbons (Fsp3) is 0.571. The highest BCUT2D eigenvalue weighted by molar-refractivity contribution is 5.26. The maximum atomic E-state index is 3.43. The molecule has 2 heteroatoms. The van der Waals surface area contributed by atoms with E-state index in [1.807, 2.05) is 0 Å². The Labute approximate surface area is 98.4 Å². The lowest BCUT2D eigenvalue weighted by atomic mass is 9.88. The summed E-state index contributed by atoms with van der Waals surface area (Å²) in [4.78, 5) is 0. The van der Waals surface area contributed by atoms with Gasteiger partial charge in [-0.3, -0.25) is 0 Å². The van der Waals surface area contributed by atoms with E-state index in [0.29, 0.717) is 6.04 Å². The molecule has 2 nitrogen and oxygen atoms in total. The van der Waals surface area contributed by atoms with Gasteiger partial charge in [0.1, 0.15) is 0 Å². The number of aryl methyl sites for hydroxylation is 1. The Morgan fingerprint density at radius 3 is 2.44 bits per heavy atom. The monoisotopic (exact) mass is 218 g/mol. The van der Waals surface area contributed by atoms with Gasteiger partial charge in [0, 0.05) is 25.0 Å². The van der Waals surface area contributed by atoms with Crippen molar-refractivity contribution in [2.75, 3.05) is 20.1 Å². The van der Waals surface area contributed by atoms with Crippen LogP contribution in [0.3, 0.4) is 0 Å². The molecule has 0 spiro atoms. The lowest BCUT2D eigenvalue weighted by Crippen LogP contribution is -2.48. The Kier molecular flexibility index (Phi) is 3.97. The van der Waals surface area contributed by atoms with Gasteiger partial charge in [-0.25, -0.2) is 0 Å². The molecular formula is C14H22N2. The molecule has 1 heterocycles. The molecule has 0 radical (unpaired) electrons. The molecular weight excluding hydrogens is 196 g/mol. The topological polar surface area (TPSA) is 24.1 Å². The Morgan fingerprint density at radius 2 is 2.00 bits per heavy atom. The molecule has 0 saturated carbocycles. The molecule has 0 aromatic heterocycles. The zero-order valence-electron chi connectivity index (χ0n) is 10.3. The fourth-order valence-corrected chi connectivity index (χ4v) is 2.40. The Balaban J connectivity index is 2.06. The summed E-state index contributed by atoms with van der Waals surface area (Å²) in [6.07, 6.45) is 2.41. The minimum absolute atomic E-state index is 0.511. The van der Waals surface area contributed by atoms with Gasteiger partial charge in [0.05, 0.1) is 0 Å². The molecule has 0 bridgehead atoms. The van der Waals surface area contributed by atoms with Crippen LogP contribution >= 0.6 is 0 Å². The van der Waals surface area contributed by atoms with E-state index < -0.39 is 0 Å². The molecule has 1 atom stereocenters. The van der Waals surface area contributed by atoms with Crippen LogP contribution in [0.4, 0.5) is 0 Å². The van der Waals surface area contributed by atoms with E-state index in [4.69, 9.17) is 0 Å². The second kappa shape index (κ2) is 5.46. The van der Waals surface area contributed by atoms with Crippen molar-refractivity contribution in [3.63, 3.8) is 0 Å². The Bertz CT molecular complexity index is 314.